The Bertz CT molecular complexity index is 937. The molecule has 28 heavy (non-hydrogen) atoms. The highest BCUT2D eigenvalue weighted by molar-refractivity contribution is 5.99. The highest BCUT2D eigenvalue weighted by Crippen LogP contribution is 2.28. The average Bonchev–Trinajstić information content (AvgIpc) is 2.69. The minimum Gasteiger partial charge on any atom is -0.497 e. The zero-order valence-corrected chi connectivity index (χ0v) is 15.3. The quantitative estimate of drug-likeness (QED) is 0.548. The molecule has 8 heteroatoms. The van der Waals surface area contributed by atoms with Crippen LogP contribution in [0, 0.1) is 5.82 Å². The summed E-state index contributed by atoms with van der Waals surface area (Å²) in [7, 11) is 1.56. The molecule has 0 spiro atoms. The summed E-state index contributed by atoms with van der Waals surface area (Å²) >= 11 is 0. The Morgan fingerprint density at radius 3 is 2.50 bits per heavy atom. The Kier molecular flexibility index (Phi) is 5.69. The topological polar surface area (TPSA) is 91.8 Å². The Hall–Kier alpha value is -3.68. The van der Waals surface area contributed by atoms with Crippen molar-refractivity contribution in [1.29, 1.82) is 0 Å². The second-order valence-electron chi connectivity index (χ2n) is 6.09. The van der Waals surface area contributed by atoms with Crippen LogP contribution in [0.4, 0.5) is 9.18 Å². The van der Waals surface area contributed by atoms with Crippen LogP contribution in [0.5, 0.6) is 5.75 Å². The number of ether oxygens (including phenoxy) is 1. The maximum Gasteiger partial charge on any atom is 0.319 e. The van der Waals surface area contributed by atoms with Crippen molar-refractivity contribution < 1.29 is 18.7 Å². The first-order valence-corrected chi connectivity index (χ1v) is 8.49. The Morgan fingerprint density at radius 2 is 1.86 bits per heavy atom. The van der Waals surface area contributed by atoms with Gasteiger partial charge in [-0.1, -0.05) is 24.3 Å². The maximum absolute atomic E-state index is 12.9. The van der Waals surface area contributed by atoms with Gasteiger partial charge < -0.3 is 15.4 Å². The van der Waals surface area contributed by atoms with Crippen molar-refractivity contribution in [3.63, 3.8) is 0 Å². The number of hydrogen-bond acceptors (Lipinski definition) is 4. The van der Waals surface area contributed by atoms with Gasteiger partial charge in [0.15, 0.2) is 0 Å². The monoisotopic (exact) mass is 382 g/mol. The first-order chi connectivity index (χ1) is 13.5. The predicted molar refractivity (Wildman–Crippen MR) is 102 cm³/mol. The van der Waals surface area contributed by atoms with Gasteiger partial charge >= 0.3 is 6.03 Å². The van der Waals surface area contributed by atoms with Gasteiger partial charge in [0.25, 0.3) is 5.91 Å². The van der Waals surface area contributed by atoms with Crippen LogP contribution < -0.4 is 20.8 Å². The van der Waals surface area contributed by atoms with E-state index in [1.165, 1.54) is 30.5 Å². The summed E-state index contributed by atoms with van der Waals surface area (Å²) in [6.07, 6.45) is 1.41. The van der Waals surface area contributed by atoms with Crippen molar-refractivity contribution in [2.45, 2.75) is 13.0 Å². The molecule has 144 valence electrons. The summed E-state index contributed by atoms with van der Waals surface area (Å²) < 4.78 is 18.1. The molecule has 0 saturated heterocycles. The van der Waals surface area contributed by atoms with Crippen molar-refractivity contribution >= 4 is 18.2 Å². The van der Waals surface area contributed by atoms with Crippen molar-refractivity contribution in [3.05, 3.63) is 76.7 Å². The number of amides is 3. The van der Waals surface area contributed by atoms with Crippen LogP contribution in [0.2, 0.25) is 0 Å². The van der Waals surface area contributed by atoms with Gasteiger partial charge in [0.1, 0.15) is 11.6 Å². The molecule has 2 aromatic rings. The highest BCUT2D eigenvalue weighted by atomic mass is 19.1. The third kappa shape index (κ3) is 4.35. The number of hydrogen-bond donors (Lipinski definition) is 3. The Labute approximate surface area is 161 Å². The standard InChI is InChI=1S/C20H19FN4O3/c1-12-17(19(26)25-22-11-13-3-7-15(21)8-4-13)18(24-20(27)23-12)14-5-9-16(28-2)10-6-14/h3-11,18H,1-2H3,(H,25,26)(H2,23,24,27)/b22-11+. The van der Waals surface area contributed by atoms with Gasteiger partial charge in [0, 0.05) is 5.70 Å². The van der Waals surface area contributed by atoms with Crippen molar-refractivity contribution in [2.24, 2.45) is 5.10 Å². The van der Waals surface area contributed by atoms with E-state index in [1.807, 2.05) is 0 Å². The number of carbonyl (C=O) groups excluding carboxylic acids is 2. The number of allylic oxidation sites excluding steroid dienone is 1. The van der Waals surface area contributed by atoms with E-state index >= 15 is 0 Å². The van der Waals surface area contributed by atoms with Crippen LogP contribution in [0.1, 0.15) is 24.1 Å². The minimum absolute atomic E-state index is 0.334. The molecule has 0 aromatic heterocycles. The van der Waals surface area contributed by atoms with Crippen molar-refractivity contribution in [3.8, 4) is 5.75 Å². The van der Waals surface area contributed by atoms with Gasteiger partial charge in [-0.15, -0.1) is 0 Å². The maximum atomic E-state index is 12.9. The van der Waals surface area contributed by atoms with Gasteiger partial charge in [-0.05, 0) is 42.3 Å². The number of rotatable bonds is 5. The summed E-state index contributed by atoms with van der Waals surface area (Å²) in [5, 5.41) is 9.25. The number of methoxy groups -OCH3 is 1. The predicted octanol–water partition coefficient (Wildman–Crippen LogP) is 2.61. The van der Waals surface area contributed by atoms with Crippen LogP contribution in [-0.4, -0.2) is 25.3 Å². The molecule has 0 saturated carbocycles. The Balaban J connectivity index is 1.80. The van der Waals surface area contributed by atoms with Crippen LogP contribution in [0.15, 0.2) is 64.9 Å². The van der Waals surface area contributed by atoms with Gasteiger partial charge in [-0.2, -0.15) is 5.10 Å². The fourth-order valence-electron chi connectivity index (χ4n) is 2.82. The molecule has 1 unspecified atom stereocenters. The zero-order chi connectivity index (χ0) is 20.1. The van der Waals surface area contributed by atoms with Gasteiger partial charge in [-0.3, -0.25) is 4.79 Å². The van der Waals surface area contributed by atoms with Gasteiger partial charge in [0.05, 0.1) is 24.9 Å². The third-order valence-corrected chi connectivity index (χ3v) is 4.21. The fraction of sp³-hybridized carbons (Fsp3) is 0.150. The second kappa shape index (κ2) is 8.34. The molecule has 7 nitrogen and oxygen atoms in total. The van der Waals surface area contributed by atoms with E-state index in [2.05, 4.69) is 21.2 Å². The number of urea groups is 1. The molecule has 1 aliphatic heterocycles. The van der Waals surface area contributed by atoms with E-state index in [0.717, 1.165) is 5.56 Å². The van der Waals surface area contributed by atoms with Gasteiger partial charge in [-0.25, -0.2) is 14.6 Å². The number of nitrogens with one attached hydrogen (secondary N) is 3. The summed E-state index contributed by atoms with van der Waals surface area (Å²) in [5.74, 6) is -0.155. The highest BCUT2D eigenvalue weighted by Gasteiger charge is 2.31. The number of carbonyl (C=O) groups is 2. The lowest BCUT2D eigenvalue weighted by molar-refractivity contribution is -0.117. The molecule has 0 bridgehead atoms. The first-order valence-electron chi connectivity index (χ1n) is 8.49. The SMILES string of the molecule is COc1ccc(C2NC(=O)NC(C)=C2C(=O)N/N=C/c2ccc(F)cc2)cc1. The number of hydrazone groups is 1. The lowest BCUT2D eigenvalue weighted by Gasteiger charge is -2.28. The van der Waals surface area contributed by atoms with Crippen LogP contribution in [0.25, 0.3) is 0 Å². The van der Waals surface area contributed by atoms with E-state index in [-0.39, 0.29) is 5.82 Å². The summed E-state index contributed by atoms with van der Waals surface area (Å²) in [6.45, 7) is 1.65. The summed E-state index contributed by atoms with van der Waals surface area (Å²) in [4.78, 5) is 24.6. The molecule has 0 aliphatic carbocycles. The molecule has 1 heterocycles. The lowest BCUT2D eigenvalue weighted by Crippen LogP contribution is -2.46. The van der Waals surface area contributed by atoms with Crippen LogP contribution in [-0.2, 0) is 4.79 Å². The summed E-state index contributed by atoms with van der Waals surface area (Å²) in [6, 6.07) is 11.7. The molecule has 3 amide bonds. The van der Waals surface area contributed by atoms with E-state index < -0.39 is 18.0 Å². The molecule has 3 rings (SSSR count). The smallest absolute Gasteiger partial charge is 0.319 e. The second-order valence-corrected chi connectivity index (χ2v) is 6.09. The van der Waals surface area contributed by atoms with E-state index in [9.17, 15) is 14.0 Å². The largest absolute Gasteiger partial charge is 0.497 e. The summed E-state index contributed by atoms with van der Waals surface area (Å²) in [5.41, 5.74) is 4.57. The zero-order valence-electron chi connectivity index (χ0n) is 15.3. The van der Waals surface area contributed by atoms with E-state index in [1.54, 1.807) is 38.3 Å². The number of benzene rings is 2. The first kappa shape index (κ1) is 19.1. The molecular formula is C20H19FN4O3. The third-order valence-electron chi connectivity index (χ3n) is 4.21. The number of nitrogens with zero attached hydrogens (tertiary/aromatic N) is 1. The van der Waals surface area contributed by atoms with Crippen LogP contribution >= 0.6 is 0 Å². The van der Waals surface area contributed by atoms with E-state index in [4.69, 9.17) is 4.74 Å². The lowest BCUT2D eigenvalue weighted by atomic mass is 9.95. The molecule has 2 aromatic carbocycles. The fourth-order valence-corrected chi connectivity index (χ4v) is 2.82. The van der Waals surface area contributed by atoms with E-state index in [0.29, 0.717) is 22.6 Å². The normalized spacial score (nSPS) is 16.5. The van der Waals surface area contributed by atoms with Crippen LogP contribution in [0.3, 0.4) is 0 Å². The van der Waals surface area contributed by atoms with Gasteiger partial charge in [0.2, 0.25) is 0 Å². The van der Waals surface area contributed by atoms with Crippen molar-refractivity contribution in [1.82, 2.24) is 16.1 Å². The average molecular weight is 382 g/mol. The molecule has 1 atom stereocenters. The molecular weight excluding hydrogens is 363 g/mol. The Morgan fingerprint density at radius 1 is 1.18 bits per heavy atom. The molecule has 0 radical (unpaired) electrons. The molecule has 0 fully saturated rings. The van der Waals surface area contributed by atoms with Crippen molar-refractivity contribution in [2.75, 3.05) is 7.11 Å². The minimum atomic E-state index is -0.638. The molecule has 3 N–H and O–H groups in total. The molecule has 1 aliphatic rings. The number of halogens is 1.